The number of hydrogen-bond acceptors (Lipinski definition) is 2. The second-order valence-corrected chi connectivity index (χ2v) is 6.76. The van der Waals surface area contributed by atoms with Crippen molar-refractivity contribution >= 4 is 0 Å². The van der Waals surface area contributed by atoms with Crippen LogP contribution < -0.4 is 10.6 Å². The predicted molar refractivity (Wildman–Crippen MR) is 82.6 cm³/mol. The second-order valence-electron chi connectivity index (χ2n) is 6.76. The zero-order valence-electron chi connectivity index (χ0n) is 13.1. The Morgan fingerprint density at radius 3 is 2.42 bits per heavy atom. The highest BCUT2D eigenvalue weighted by Gasteiger charge is 2.26. The first-order chi connectivity index (χ1) is 8.87. The maximum Gasteiger partial charge on any atom is 0.0213 e. The van der Waals surface area contributed by atoms with Gasteiger partial charge in [-0.3, -0.25) is 0 Å². The van der Waals surface area contributed by atoms with Crippen molar-refractivity contribution < 1.29 is 0 Å². The molecule has 0 bridgehead atoms. The van der Waals surface area contributed by atoms with Crippen molar-refractivity contribution in [3.63, 3.8) is 0 Å². The van der Waals surface area contributed by atoms with Gasteiger partial charge in [0.25, 0.3) is 0 Å². The third-order valence-electron chi connectivity index (χ3n) is 4.26. The van der Waals surface area contributed by atoms with E-state index < -0.39 is 0 Å². The van der Waals surface area contributed by atoms with E-state index in [0.717, 1.165) is 13.1 Å². The summed E-state index contributed by atoms with van der Waals surface area (Å²) in [6, 6.07) is 5.21. The monoisotopic (exact) mass is 260 g/mol. The minimum atomic E-state index is 0.271. The van der Waals surface area contributed by atoms with Gasteiger partial charge in [0.05, 0.1) is 0 Å². The lowest BCUT2D eigenvalue weighted by atomic mass is 9.89. The quantitative estimate of drug-likeness (QED) is 0.872. The van der Waals surface area contributed by atoms with E-state index in [1.807, 2.05) is 0 Å². The summed E-state index contributed by atoms with van der Waals surface area (Å²) in [4.78, 5) is 0. The van der Waals surface area contributed by atoms with Gasteiger partial charge in [0.15, 0.2) is 0 Å². The van der Waals surface area contributed by atoms with Crippen molar-refractivity contribution in [2.24, 2.45) is 0 Å². The largest absolute Gasteiger partial charge is 0.312 e. The Bertz CT molecular complexity index is 426. The molecule has 2 N–H and O–H groups in total. The van der Waals surface area contributed by atoms with Crippen molar-refractivity contribution in [2.75, 3.05) is 6.54 Å². The molecule has 1 heterocycles. The highest BCUT2D eigenvalue weighted by molar-refractivity contribution is 5.37. The summed E-state index contributed by atoms with van der Waals surface area (Å²) < 4.78 is 0. The average molecular weight is 260 g/mol. The number of nitrogens with one attached hydrogen (secondary N) is 2. The Balaban J connectivity index is 1.99. The molecule has 19 heavy (non-hydrogen) atoms. The SMILES string of the molecule is Cc1cc(C)c(CNC2CCNC(C)(C)C2)c(C)c1. The Kier molecular flexibility index (Phi) is 4.32. The smallest absolute Gasteiger partial charge is 0.0213 e. The van der Waals surface area contributed by atoms with Gasteiger partial charge in [0.2, 0.25) is 0 Å². The number of aryl methyl sites for hydroxylation is 3. The Labute approximate surface area is 118 Å². The minimum absolute atomic E-state index is 0.271. The van der Waals surface area contributed by atoms with Gasteiger partial charge in [-0.2, -0.15) is 0 Å². The van der Waals surface area contributed by atoms with Gasteiger partial charge in [-0.15, -0.1) is 0 Å². The molecule has 1 aromatic rings. The maximum atomic E-state index is 3.75. The van der Waals surface area contributed by atoms with E-state index in [1.165, 1.54) is 35.1 Å². The summed E-state index contributed by atoms with van der Waals surface area (Å²) in [6.45, 7) is 13.3. The van der Waals surface area contributed by atoms with Gasteiger partial charge in [0, 0.05) is 18.1 Å². The van der Waals surface area contributed by atoms with Gasteiger partial charge in [-0.05, 0) is 70.7 Å². The van der Waals surface area contributed by atoms with Crippen LogP contribution in [0.1, 0.15) is 48.9 Å². The fraction of sp³-hybridized carbons (Fsp3) is 0.647. The van der Waals surface area contributed by atoms with E-state index in [4.69, 9.17) is 0 Å². The molecule has 2 heteroatoms. The molecule has 0 amide bonds. The molecule has 1 aliphatic heterocycles. The fourth-order valence-corrected chi connectivity index (χ4v) is 3.28. The zero-order valence-corrected chi connectivity index (χ0v) is 13.1. The molecule has 0 saturated carbocycles. The van der Waals surface area contributed by atoms with Crippen molar-refractivity contribution in [1.29, 1.82) is 0 Å². The van der Waals surface area contributed by atoms with Crippen LogP contribution in [0.4, 0.5) is 0 Å². The van der Waals surface area contributed by atoms with Gasteiger partial charge in [-0.1, -0.05) is 17.7 Å². The van der Waals surface area contributed by atoms with Crippen LogP contribution in [-0.2, 0) is 6.54 Å². The first-order valence-corrected chi connectivity index (χ1v) is 7.42. The fourth-order valence-electron chi connectivity index (χ4n) is 3.28. The molecular weight excluding hydrogens is 232 g/mol. The second kappa shape index (κ2) is 5.64. The maximum absolute atomic E-state index is 3.75. The Morgan fingerprint density at radius 1 is 1.21 bits per heavy atom. The molecule has 1 aliphatic rings. The van der Waals surface area contributed by atoms with Crippen LogP contribution in [0.3, 0.4) is 0 Å². The van der Waals surface area contributed by atoms with E-state index in [2.05, 4.69) is 57.4 Å². The lowest BCUT2D eigenvalue weighted by Gasteiger charge is -2.37. The molecule has 1 aromatic carbocycles. The van der Waals surface area contributed by atoms with Crippen molar-refractivity contribution in [2.45, 2.75) is 65.6 Å². The van der Waals surface area contributed by atoms with E-state index in [-0.39, 0.29) is 5.54 Å². The Hall–Kier alpha value is -0.860. The van der Waals surface area contributed by atoms with Gasteiger partial charge >= 0.3 is 0 Å². The molecule has 0 aromatic heterocycles. The standard InChI is InChI=1S/C17H28N2/c1-12-8-13(2)16(14(3)9-12)11-18-15-6-7-19-17(4,5)10-15/h8-9,15,18-19H,6-7,10-11H2,1-5H3. The summed E-state index contributed by atoms with van der Waals surface area (Å²) in [5.74, 6) is 0. The van der Waals surface area contributed by atoms with Crippen LogP contribution in [0.15, 0.2) is 12.1 Å². The molecule has 1 unspecified atom stereocenters. The Morgan fingerprint density at radius 2 is 1.84 bits per heavy atom. The molecular formula is C17H28N2. The van der Waals surface area contributed by atoms with Gasteiger partial charge < -0.3 is 10.6 Å². The highest BCUT2D eigenvalue weighted by Crippen LogP contribution is 2.20. The number of hydrogen-bond donors (Lipinski definition) is 2. The lowest BCUT2D eigenvalue weighted by molar-refractivity contribution is 0.247. The first-order valence-electron chi connectivity index (χ1n) is 7.42. The molecule has 2 nitrogen and oxygen atoms in total. The molecule has 1 saturated heterocycles. The number of piperidine rings is 1. The van der Waals surface area contributed by atoms with Crippen molar-refractivity contribution in [3.05, 3.63) is 34.4 Å². The van der Waals surface area contributed by atoms with Crippen LogP contribution in [0.2, 0.25) is 0 Å². The predicted octanol–water partition coefficient (Wildman–Crippen LogP) is 3.23. The topological polar surface area (TPSA) is 24.1 Å². The molecule has 106 valence electrons. The van der Waals surface area contributed by atoms with Crippen LogP contribution in [-0.4, -0.2) is 18.1 Å². The third kappa shape index (κ3) is 3.80. The molecule has 0 spiro atoms. The normalized spacial score (nSPS) is 22.5. The average Bonchev–Trinajstić information content (AvgIpc) is 2.26. The van der Waals surface area contributed by atoms with Gasteiger partial charge in [-0.25, -0.2) is 0 Å². The lowest BCUT2D eigenvalue weighted by Crippen LogP contribution is -2.51. The van der Waals surface area contributed by atoms with Crippen LogP contribution >= 0.6 is 0 Å². The molecule has 0 radical (unpaired) electrons. The minimum Gasteiger partial charge on any atom is -0.312 e. The van der Waals surface area contributed by atoms with E-state index in [1.54, 1.807) is 0 Å². The number of rotatable bonds is 3. The summed E-state index contributed by atoms with van der Waals surface area (Å²) in [5, 5.41) is 7.33. The van der Waals surface area contributed by atoms with E-state index in [9.17, 15) is 0 Å². The summed E-state index contributed by atoms with van der Waals surface area (Å²) in [5.41, 5.74) is 5.94. The van der Waals surface area contributed by atoms with Crippen LogP contribution in [0, 0.1) is 20.8 Å². The van der Waals surface area contributed by atoms with Crippen LogP contribution in [0.25, 0.3) is 0 Å². The van der Waals surface area contributed by atoms with E-state index >= 15 is 0 Å². The summed E-state index contributed by atoms with van der Waals surface area (Å²) in [6.07, 6.45) is 2.43. The van der Waals surface area contributed by atoms with E-state index in [0.29, 0.717) is 6.04 Å². The summed E-state index contributed by atoms with van der Waals surface area (Å²) in [7, 11) is 0. The van der Waals surface area contributed by atoms with Crippen LogP contribution in [0.5, 0.6) is 0 Å². The summed E-state index contributed by atoms with van der Waals surface area (Å²) >= 11 is 0. The van der Waals surface area contributed by atoms with Crippen molar-refractivity contribution in [1.82, 2.24) is 10.6 Å². The zero-order chi connectivity index (χ0) is 14.0. The molecule has 1 atom stereocenters. The number of benzene rings is 1. The van der Waals surface area contributed by atoms with Crippen molar-refractivity contribution in [3.8, 4) is 0 Å². The molecule has 0 aliphatic carbocycles. The highest BCUT2D eigenvalue weighted by atomic mass is 15.0. The molecule has 2 rings (SSSR count). The van der Waals surface area contributed by atoms with Gasteiger partial charge in [0.1, 0.15) is 0 Å². The third-order valence-corrected chi connectivity index (χ3v) is 4.26. The first kappa shape index (κ1) is 14.5. The molecule has 1 fully saturated rings.